The number of pyridine rings is 1. The lowest BCUT2D eigenvalue weighted by atomic mass is 10.1. The second-order valence-electron chi connectivity index (χ2n) is 6.14. The molecular weight excluding hydrogens is 276 g/mol. The number of amides is 1. The molecule has 0 aliphatic carbocycles. The summed E-state index contributed by atoms with van der Waals surface area (Å²) in [6, 6.07) is 1.84. The van der Waals surface area contributed by atoms with Crippen LogP contribution in [-0.2, 0) is 6.42 Å². The first-order chi connectivity index (χ1) is 10.5. The van der Waals surface area contributed by atoms with Crippen LogP contribution in [0, 0.1) is 6.92 Å². The summed E-state index contributed by atoms with van der Waals surface area (Å²) in [4.78, 5) is 27.1. The van der Waals surface area contributed by atoms with Crippen molar-refractivity contribution in [3.8, 4) is 0 Å². The third kappa shape index (κ3) is 5.66. The van der Waals surface area contributed by atoms with Crippen LogP contribution in [0.1, 0.15) is 80.9 Å². The molecule has 0 spiro atoms. The molecule has 124 valence electrons. The fourth-order valence-corrected chi connectivity index (χ4v) is 2.61. The van der Waals surface area contributed by atoms with E-state index in [1.54, 1.807) is 6.07 Å². The van der Waals surface area contributed by atoms with E-state index >= 15 is 0 Å². The number of aromatic nitrogens is 1. The molecule has 2 N–H and O–H groups in total. The summed E-state index contributed by atoms with van der Waals surface area (Å²) in [6.45, 7) is 8.15. The first-order valence-electron chi connectivity index (χ1n) is 8.53. The molecule has 0 radical (unpaired) electrons. The molecule has 0 fully saturated rings. The first-order valence-corrected chi connectivity index (χ1v) is 8.53. The lowest BCUT2D eigenvalue weighted by Crippen LogP contribution is -2.36. The van der Waals surface area contributed by atoms with Gasteiger partial charge in [-0.3, -0.25) is 9.59 Å². The van der Waals surface area contributed by atoms with Gasteiger partial charge in [-0.05, 0) is 38.3 Å². The summed E-state index contributed by atoms with van der Waals surface area (Å²) in [5.41, 5.74) is 1.83. The standard InChI is InChI=1S/C18H30N2O2/c1-5-7-8-9-11-13(3)19-17(21)16-12-15(10-6-2)14(4)20-18(16)22/h12-13H,5-11H2,1-4H3,(H,19,21)(H,20,22)/t13-/m0/s1. The van der Waals surface area contributed by atoms with Gasteiger partial charge in [0, 0.05) is 11.7 Å². The van der Waals surface area contributed by atoms with Crippen LogP contribution in [0.4, 0.5) is 0 Å². The Balaban J connectivity index is 2.68. The third-order valence-electron chi connectivity index (χ3n) is 3.98. The molecule has 1 aromatic heterocycles. The van der Waals surface area contributed by atoms with Gasteiger partial charge in [-0.25, -0.2) is 0 Å². The highest BCUT2D eigenvalue weighted by Crippen LogP contribution is 2.09. The number of aromatic amines is 1. The molecule has 0 saturated heterocycles. The van der Waals surface area contributed by atoms with E-state index in [1.165, 1.54) is 19.3 Å². The van der Waals surface area contributed by atoms with Crippen molar-refractivity contribution in [3.05, 3.63) is 33.2 Å². The Morgan fingerprint density at radius 3 is 2.59 bits per heavy atom. The Bertz CT molecular complexity index is 534. The van der Waals surface area contributed by atoms with Gasteiger partial charge >= 0.3 is 0 Å². The predicted molar refractivity (Wildman–Crippen MR) is 91.5 cm³/mol. The van der Waals surface area contributed by atoms with Crippen LogP contribution in [0.3, 0.4) is 0 Å². The summed E-state index contributed by atoms with van der Waals surface area (Å²) in [7, 11) is 0. The maximum absolute atomic E-state index is 12.3. The van der Waals surface area contributed by atoms with E-state index in [0.29, 0.717) is 0 Å². The summed E-state index contributed by atoms with van der Waals surface area (Å²) < 4.78 is 0. The molecule has 0 aliphatic rings. The van der Waals surface area contributed by atoms with Crippen molar-refractivity contribution in [3.63, 3.8) is 0 Å². The molecular formula is C18H30N2O2. The van der Waals surface area contributed by atoms with Crippen molar-refractivity contribution in [2.45, 2.75) is 78.7 Å². The van der Waals surface area contributed by atoms with Crippen molar-refractivity contribution in [2.75, 3.05) is 0 Å². The molecule has 4 heteroatoms. The van der Waals surface area contributed by atoms with E-state index in [4.69, 9.17) is 0 Å². The minimum Gasteiger partial charge on any atom is -0.349 e. The van der Waals surface area contributed by atoms with E-state index in [0.717, 1.165) is 36.9 Å². The Morgan fingerprint density at radius 1 is 1.23 bits per heavy atom. The first kappa shape index (κ1) is 18.5. The molecule has 1 heterocycles. The van der Waals surface area contributed by atoms with Crippen LogP contribution in [0.25, 0.3) is 0 Å². The molecule has 0 aromatic carbocycles. The molecule has 1 rings (SSSR count). The smallest absolute Gasteiger partial charge is 0.261 e. The number of aryl methyl sites for hydroxylation is 2. The Kier molecular flexibility index (Phi) is 7.92. The van der Waals surface area contributed by atoms with Gasteiger partial charge in [-0.1, -0.05) is 46.0 Å². The lowest BCUT2D eigenvalue weighted by molar-refractivity contribution is 0.0936. The minimum absolute atomic E-state index is 0.0969. The molecule has 1 atom stereocenters. The van der Waals surface area contributed by atoms with E-state index in [2.05, 4.69) is 24.1 Å². The Hall–Kier alpha value is -1.58. The second-order valence-corrected chi connectivity index (χ2v) is 6.14. The number of carbonyl (C=O) groups excluding carboxylic acids is 1. The van der Waals surface area contributed by atoms with Gasteiger partial charge in [0.15, 0.2) is 0 Å². The fraction of sp³-hybridized carbons (Fsp3) is 0.667. The maximum Gasteiger partial charge on any atom is 0.261 e. The normalized spacial score (nSPS) is 12.2. The molecule has 0 bridgehead atoms. The van der Waals surface area contributed by atoms with Gasteiger partial charge < -0.3 is 10.3 Å². The zero-order chi connectivity index (χ0) is 16.5. The summed E-state index contributed by atoms with van der Waals surface area (Å²) in [5.74, 6) is -0.262. The van der Waals surface area contributed by atoms with Crippen molar-refractivity contribution in [1.82, 2.24) is 10.3 Å². The van der Waals surface area contributed by atoms with Crippen molar-refractivity contribution >= 4 is 5.91 Å². The predicted octanol–water partition coefficient (Wildman–Crippen LogP) is 3.72. The molecule has 22 heavy (non-hydrogen) atoms. The van der Waals surface area contributed by atoms with Crippen LogP contribution in [0.2, 0.25) is 0 Å². The molecule has 1 amide bonds. The topological polar surface area (TPSA) is 62.0 Å². The van der Waals surface area contributed by atoms with Crippen LogP contribution in [-0.4, -0.2) is 16.9 Å². The average Bonchev–Trinajstić information content (AvgIpc) is 2.46. The molecule has 1 aromatic rings. The zero-order valence-corrected chi connectivity index (χ0v) is 14.4. The molecule has 4 nitrogen and oxygen atoms in total. The second kappa shape index (κ2) is 9.44. The lowest BCUT2D eigenvalue weighted by Gasteiger charge is -2.14. The SMILES string of the molecule is CCCCCC[C@H](C)NC(=O)c1cc(CCC)c(C)[nH]c1=O. The number of nitrogens with one attached hydrogen (secondary N) is 2. The Labute approximate surface area is 133 Å². The number of hydrogen-bond donors (Lipinski definition) is 2. The number of hydrogen-bond acceptors (Lipinski definition) is 2. The molecule has 0 aliphatic heterocycles. The van der Waals surface area contributed by atoms with Gasteiger partial charge in [0.1, 0.15) is 5.56 Å². The van der Waals surface area contributed by atoms with Crippen LogP contribution in [0.5, 0.6) is 0 Å². The van der Waals surface area contributed by atoms with Gasteiger partial charge in [0.25, 0.3) is 11.5 Å². The Morgan fingerprint density at radius 2 is 1.95 bits per heavy atom. The quantitative estimate of drug-likeness (QED) is 0.683. The number of H-pyrrole nitrogens is 1. The summed E-state index contributed by atoms with van der Waals surface area (Å²) in [5, 5.41) is 2.94. The van der Waals surface area contributed by atoms with Crippen LogP contribution in [0.15, 0.2) is 10.9 Å². The van der Waals surface area contributed by atoms with Gasteiger partial charge in [0.05, 0.1) is 0 Å². The highest BCUT2D eigenvalue weighted by atomic mass is 16.2. The molecule has 0 unspecified atom stereocenters. The zero-order valence-electron chi connectivity index (χ0n) is 14.4. The van der Waals surface area contributed by atoms with Gasteiger partial charge in [-0.2, -0.15) is 0 Å². The maximum atomic E-state index is 12.3. The number of unbranched alkanes of at least 4 members (excludes halogenated alkanes) is 3. The number of carbonyl (C=O) groups is 1. The van der Waals surface area contributed by atoms with Gasteiger partial charge in [0.2, 0.25) is 0 Å². The van der Waals surface area contributed by atoms with E-state index in [-0.39, 0.29) is 23.1 Å². The minimum atomic E-state index is -0.298. The van der Waals surface area contributed by atoms with Gasteiger partial charge in [-0.15, -0.1) is 0 Å². The summed E-state index contributed by atoms with van der Waals surface area (Å²) >= 11 is 0. The van der Waals surface area contributed by atoms with E-state index in [1.807, 2.05) is 13.8 Å². The van der Waals surface area contributed by atoms with Crippen molar-refractivity contribution in [2.24, 2.45) is 0 Å². The summed E-state index contributed by atoms with van der Waals surface area (Å²) in [6.07, 6.45) is 7.57. The monoisotopic (exact) mass is 306 g/mol. The highest BCUT2D eigenvalue weighted by molar-refractivity contribution is 5.94. The van der Waals surface area contributed by atoms with E-state index in [9.17, 15) is 9.59 Å². The fourth-order valence-electron chi connectivity index (χ4n) is 2.61. The largest absolute Gasteiger partial charge is 0.349 e. The molecule has 0 saturated carbocycles. The number of rotatable bonds is 9. The average molecular weight is 306 g/mol. The van der Waals surface area contributed by atoms with Crippen LogP contribution < -0.4 is 10.9 Å². The van der Waals surface area contributed by atoms with E-state index < -0.39 is 0 Å². The highest BCUT2D eigenvalue weighted by Gasteiger charge is 2.15. The van der Waals surface area contributed by atoms with Crippen LogP contribution >= 0.6 is 0 Å². The van der Waals surface area contributed by atoms with Crippen molar-refractivity contribution in [1.29, 1.82) is 0 Å². The van der Waals surface area contributed by atoms with Crippen molar-refractivity contribution < 1.29 is 4.79 Å². The third-order valence-corrected chi connectivity index (χ3v) is 3.98.